The molecule has 0 fully saturated rings. The van der Waals surface area contributed by atoms with E-state index in [-0.39, 0.29) is 11.9 Å². The molecule has 1 unspecified atom stereocenters. The molecule has 3 rings (SSSR count). The fraction of sp³-hybridized carbons (Fsp3) is 0.278. The van der Waals surface area contributed by atoms with Crippen molar-refractivity contribution in [2.75, 3.05) is 11.4 Å². The Labute approximate surface area is 153 Å². The second-order valence-corrected chi connectivity index (χ2v) is 7.22. The van der Waals surface area contributed by atoms with Gasteiger partial charge in [-0.2, -0.15) is 0 Å². The minimum absolute atomic E-state index is 0.0104. The van der Waals surface area contributed by atoms with Crippen LogP contribution in [0.3, 0.4) is 0 Å². The zero-order valence-electron chi connectivity index (χ0n) is 14.2. The lowest BCUT2D eigenvalue weighted by atomic mass is 10.1. The van der Waals surface area contributed by atoms with Gasteiger partial charge in [0.1, 0.15) is 22.6 Å². The summed E-state index contributed by atoms with van der Waals surface area (Å²) in [4.78, 5) is 13.8. The molecular weight excluding hydrogens is 356 g/mol. The Hall–Kier alpha value is -2.58. The van der Waals surface area contributed by atoms with Crippen molar-refractivity contribution in [1.29, 1.82) is 0 Å². The van der Waals surface area contributed by atoms with E-state index in [4.69, 9.17) is 9.94 Å². The molecule has 0 saturated carbocycles. The first-order valence-corrected chi connectivity index (χ1v) is 9.52. The molecule has 138 valence electrons. The first-order valence-electron chi connectivity index (χ1n) is 8.16. The van der Waals surface area contributed by atoms with Gasteiger partial charge in [-0.1, -0.05) is 24.3 Å². The summed E-state index contributed by atoms with van der Waals surface area (Å²) >= 11 is 0. The molecule has 0 saturated heterocycles. The summed E-state index contributed by atoms with van der Waals surface area (Å²) < 4.78 is 27.5. The van der Waals surface area contributed by atoms with E-state index in [1.54, 1.807) is 35.8 Å². The van der Waals surface area contributed by atoms with E-state index in [1.165, 1.54) is 0 Å². The molecule has 1 aliphatic rings. The molecule has 0 aromatic heterocycles. The number of amides is 1. The third kappa shape index (κ3) is 4.14. The highest BCUT2D eigenvalue weighted by Crippen LogP contribution is 2.35. The number of carbonyl (C=O) groups is 1. The number of nitrogens with one attached hydrogen (secondary N) is 1. The molecule has 26 heavy (non-hydrogen) atoms. The maximum Gasteiger partial charge on any atom is 0.274 e. The van der Waals surface area contributed by atoms with Crippen LogP contribution >= 0.6 is 0 Å². The molecule has 0 spiro atoms. The van der Waals surface area contributed by atoms with Crippen molar-refractivity contribution >= 4 is 22.3 Å². The number of thiol groups is 1. The van der Waals surface area contributed by atoms with Crippen LogP contribution in [-0.2, 0) is 23.0 Å². The molecule has 0 radical (unpaired) electrons. The molecule has 2 aromatic carbocycles. The fourth-order valence-electron chi connectivity index (χ4n) is 3.00. The van der Waals surface area contributed by atoms with E-state index in [0.717, 1.165) is 16.8 Å². The van der Waals surface area contributed by atoms with Gasteiger partial charge in [-0.05, 0) is 36.2 Å². The van der Waals surface area contributed by atoms with E-state index >= 15 is 0 Å². The topological polar surface area (TPSA) is 95.9 Å². The molecule has 2 N–H and O–H groups in total. The number of ether oxygens (including phenoxy) is 1. The Morgan fingerprint density at radius 1 is 1.23 bits per heavy atom. The Bertz CT molecular complexity index is 872. The molecule has 2 aromatic rings. The highest BCUT2D eigenvalue weighted by atomic mass is 32.2. The number of fused-ring (bicyclic) bond motifs is 1. The lowest BCUT2D eigenvalue weighted by molar-refractivity contribution is 0.0706. The second-order valence-electron chi connectivity index (χ2n) is 6.24. The van der Waals surface area contributed by atoms with Crippen molar-refractivity contribution in [3.63, 3.8) is 0 Å². The van der Waals surface area contributed by atoms with Crippen molar-refractivity contribution in [2.24, 2.45) is 0 Å². The highest BCUT2D eigenvalue weighted by molar-refractivity contribution is 7.71. The molecule has 1 aliphatic heterocycles. The van der Waals surface area contributed by atoms with Crippen molar-refractivity contribution in [3.05, 3.63) is 59.2 Å². The number of anilines is 1. The van der Waals surface area contributed by atoms with Crippen molar-refractivity contribution in [1.82, 2.24) is 5.48 Å². The molecule has 0 bridgehead atoms. The largest absolute Gasteiger partial charge is 0.487 e. The van der Waals surface area contributed by atoms with E-state index in [9.17, 15) is 13.2 Å². The number of hydrogen-bond acceptors (Lipinski definition) is 6. The van der Waals surface area contributed by atoms with E-state index < -0.39 is 16.6 Å². The van der Waals surface area contributed by atoms with Crippen LogP contribution in [0, 0.1) is 0 Å². The number of hydroxylamine groups is 1. The minimum atomic E-state index is -2.44. The monoisotopic (exact) mass is 376 g/mol. The van der Waals surface area contributed by atoms with E-state index in [1.807, 2.05) is 19.1 Å². The van der Waals surface area contributed by atoms with Crippen molar-refractivity contribution in [2.45, 2.75) is 25.3 Å². The number of nitrogens with zero attached hydrogens (tertiary/aromatic N) is 1. The SMILES string of the molecule is CC1CN(Cc2ccc(C[SH](=O)=O)cc2)c2cc(C(=O)NO)ccc2O1. The maximum atomic E-state index is 11.7. The molecular formula is C18H20N2O5S. The van der Waals surface area contributed by atoms with Crippen LogP contribution < -0.4 is 15.1 Å². The summed E-state index contributed by atoms with van der Waals surface area (Å²) in [5, 5.41) is 8.84. The quantitative estimate of drug-likeness (QED) is 0.418. The van der Waals surface area contributed by atoms with Gasteiger partial charge in [0.2, 0.25) is 0 Å². The summed E-state index contributed by atoms with van der Waals surface area (Å²) in [6.07, 6.45) is -0.0104. The van der Waals surface area contributed by atoms with Crippen molar-refractivity contribution < 1.29 is 23.2 Å². The van der Waals surface area contributed by atoms with Crippen LogP contribution in [0.2, 0.25) is 0 Å². The van der Waals surface area contributed by atoms with Crippen LogP contribution in [0.1, 0.15) is 28.4 Å². The number of benzene rings is 2. The lowest BCUT2D eigenvalue weighted by Gasteiger charge is -2.35. The normalized spacial score (nSPS) is 16.1. The van der Waals surface area contributed by atoms with Gasteiger partial charge in [-0.3, -0.25) is 10.0 Å². The summed E-state index contributed by atoms with van der Waals surface area (Å²) in [7, 11) is -2.44. The summed E-state index contributed by atoms with van der Waals surface area (Å²) in [6, 6.07) is 12.4. The first kappa shape index (κ1) is 18.2. The Kier molecular flexibility index (Phi) is 5.43. The highest BCUT2D eigenvalue weighted by Gasteiger charge is 2.24. The van der Waals surface area contributed by atoms with Gasteiger partial charge in [-0.15, -0.1) is 0 Å². The zero-order valence-corrected chi connectivity index (χ0v) is 15.1. The van der Waals surface area contributed by atoms with Crippen LogP contribution in [-0.4, -0.2) is 32.2 Å². The van der Waals surface area contributed by atoms with Gasteiger partial charge in [-0.25, -0.2) is 13.9 Å². The smallest absolute Gasteiger partial charge is 0.274 e. The minimum Gasteiger partial charge on any atom is -0.487 e. The van der Waals surface area contributed by atoms with Crippen LogP contribution in [0.4, 0.5) is 5.69 Å². The summed E-state index contributed by atoms with van der Waals surface area (Å²) in [6.45, 7) is 3.21. The van der Waals surface area contributed by atoms with Gasteiger partial charge in [0, 0.05) is 12.1 Å². The fourth-order valence-corrected chi connectivity index (χ4v) is 3.51. The van der Waals surface area contributed by atoms with Gasteiger partial charge in [0.25, 0.3) is 5.91 Å². The Morgan fingerprint density at radius 3 is 2.58 bits per heavy atom. The number of hydrogen-bond donors (Lipinski definition) is 3. The third-order valence-corrected chi connectivity index (χ3v) is 4.80. The Morgan fingerprint density at radius 2 is 1.92 bits per heavy atom. The van der Waals surface area contributed by atoms with Gasteiger partial charge < -0.3 is 9.64 Å². The number of carbonyl (C=O) groups excluding carboxylic acids is 1. The molecule has 0 aliphatic carbocycles. The second kappa shape index (κ2) is 7.76. The maximum absolute atomic E-state index is 11.7. The predicted molar refractivity (Wildman–Crippen MR) is 97.3 cm³/mol. The van der Waals surface area contributed by atoms with Gasteiger partial charge in [0.15, 0.2) is 0 Å². The van der Waals surface area contributed by atoms with E-state index in [0.29, 0.717) is 24.4 Å². The molecule has 1 atom stereocenters. The average Bonchev–Trinajstić information content (AvgIpc) is 2.62. The summed E-state index contributed by atoms with van der Waals surface area (Å²) in [5.41, 5.74) is 4.52. The molecule has 1 amide bonds. The molecule has 8 heteroatoms. The van der Waals surface area contributed by atoms with Gasteiger partial charge >= 0.3 is 0 Å². The number of rotatable bonds is 5. The standard InChI is InChI=1S/C18H20N2O5S/c1-12-9-20(10-13-2-4-14(5-3-13)11-26(23)24)16-8-15(18(21)19-22)6-7-17(16)25-12/h2-8,12,22,26H,9-11H2,1H3,(H,19,21). The molecule has 7 nitrogen and oxygen atoms in total. The average molecular weight is 376 g/mol. The van der Waals surface area contributed by atoms with Crippen molar-refractivity contribution in [3.8, 4) is 5.75 Å². The van der Waals surface area contributed by atoms with E-state index in [2.05, 4.69) is 4.90 Å². The Balaban J connectivity index is 1.85. The zero-order chi connectivity index (χ0) is 18.7. The first-order chi connectivity index (χ1) is 12.5. The summed E-state index contributed by atoms with van der Waals surface area (Å²) in [5.74, 6) is 0.132. The van der Waals surface area contributed by atoms with Crippen LogP contribution in [0.25, 0.3) is 0 Å². The third-order valence-electron chi connectivity index (χ3n) is 4.18. The van der Waals surface area contributed by atoms with Crippen LogP contribution in [0.15, 0.2) is 42.5 Å². The molecule has 1 heterocycles. The lowest BCUT2D eigenvalue weighted by Crippen LogP contribution is -2.38. The predicted octanol–water partition coefficient (Wildman–Crippen LogP) is 1.70. The van der Waals surface area contributed by atoms with Gasteiger partial charge in [0.05, 0.1) is 18.0 Å². The van der Waals surface area contributed by atoms with Crippen LogP contribution in [0.5, 0.6) is 5.75 Å².